The van der Waals surface area contributed by atoms with Crippen molar-refractivity contribution in [3.63, 3.8) is 0 Å². The first-order chi connectivity index (χ1) is 11.7. The zero-order chi connectivity index (χ0) is 16.9. The first-order valence-corrected chi connectivity index (χ1v) is 7.57. The first kappa shape index (κ1) is 15.9. The second-order valence-electron chi connectivity index (χ2n) is 5.10. The molecule has 6 heteroatoms. The van der Waals surface area contributed by atoms with Crippen LogP contribution in [0.1, 0.15) is 23.2 Å². The second-order valence-corrected chi connectivity index (χ2v) is 5.10. The Labute approximate surface area is 138 Å². The molecule has 0 fully saturated rings. The Balaban J connectivity index is 2.03. The van der Waals surface area contributed by atoms with E-state index in [4.69, 9.17) is 4.74 Å². The predicted molar refractivity (Wildman–Crippen MR) is 86.9 cm³/mol. The molecule has 24 heavy (non-hydrogen) atoms. The van der Waals surface area contributed by atoms with Crippen molar-refractivity contribution in [3.8, 4) is 11.1 Å². The van der Waals surface area contributed by atoms with Crippen LogP contribution in [0.25, 0.3) is 11.1 Å². The van der Waals surface area contributed by atoms with Gasteiger partial charge in [-0.2, -0.15) is 0 Å². The van der Waals surface area contributed by atoms with Crippen molar-refractivity contribution in [2.24, 2.45) is 0 Å². The van der Waals surface area contributed by atoms with Crippen LogP contribution in [-0.2, 0) is 11.3 Å². The van der Waals surface area contributed by atoms with Gasteiger partial charge in [0.25, 0.3) is 0 Å². The van der Waals surface area contributed by atoms with E-state index in [2.05, 4.69) is 9.97 Å². The van der Waals surface area contributed by atoms with E-state index in [0.717, 1.165) is 5.56 Å². The first-order valence-electron chi connectivity index (χ1n) is 7.57. The van der Waals surface area contributed by atoms with E-state index in [1.54, 1.807) is 48.3 Å². The van der Waals surface area contributed by atoms with Gasteiger partial charge in [-0.3, -0.25) is 0 Å². The number of carbonyl (C=O) groups excluding carboxylic acids is 1. The Hall–Kier alpha value is -3.02. The molecule has 0 saturated heterocycles. The minimum absolute atomic E-state index is 0.273. The monoisotopic (exact) mass is 325 g/mol. The summed E-state index contributed by atoms with van der Waals surface area (Å²) < 4.78 is 20.1. The highest BCUT2D eigenvalue weighted by Gasteiger charge is 2.20. The largest absolute Gasteiger partial charge is 0.461 e. The number of rotatable bonds is 5. The number of nitrogens with zero attached hydrogens (tertiary/aromatic N) is 3. The van der Waals surface area contributed by atoms with Crippen LogP contribution in [-0.4, -0.2) is 27.1 Å². The fourth-order valence-electron chi connectivity index (χ4n) is 2.46. The van der Waals surface area contributed by atoms with Crippen LogP contribution >= 0.6 is 0 Å². The maximum Gasteiger partial charge on any atom is 0.355 e. The quantitative estimate of drug-likeness (QED) is 0.675. The third kappa shape index (κ3) is 3.32. The molecule has 0 aliphatic rings. The number of esters is 1. The lowest BCUT2D eigenvalue weighted by Gasteiger charge is -2.10. The fraction of sp³-hybridized carbons (Fsp3) is 0.167. The maximum atomic E-state index is 13.2. The lowest BCUT2D eigenvalue weighted by atomic mass is 10.1. The Morgan fingerprint density at radius 2 is 1.88 bits per heavy atom. The second kappa shape index (κ2) is 7.04. The minimum atomic E-state index is -0.433. The van der Waals surface area contributed by atoms with Crippen molar-refractivity contribution in [1.29, 1.82) is 0 Å². The number of ether oxygens (including phenoxy) is 1. The highest BCUT2D eigenvalue weighted by atomic mass is 19.1. The molecule has 0 N–H and O–H groups in total. The lowest BCUT2D eigenvalue weighted by molar-refractivity contribution is 0.0515. The van der Waals surface area contributed by atoms with E-state index < -0.39 is 5.97 Å². The highest BCUT2D eigenvalue weighted by Crippen LogP contribution is 2.26. The summed E-state index contributed by atoms with van der Waals surface area (Å²) in [6, 6.07) is 9.54. The number of hydrogen-bond donors (Lipinski definition) is 0. The summed E-state index contributed by atoms with van der Waals surface area (Å²) in [6.07, 6.45) is 5.08. The Bertz CT molecular complexity index is 829. The summed E-state index contributed by atoms with van der Waals surface area (Å²) in [5.74, 6) is -0.171. The molecule has 0 radical (unpaired) electrons. The lowest BCUT2D eigenvalue weighted by Crippen LogP contribution is -2.14. The van der Waals surface area contributed by atoms with E-state index in [9.17, 15) is 9.18 Å². The fourth-order valence-corrected chi connectivity index (χ4v) is 2.46. The average Bonchev–Trinajstić information content (AvgIpc) is 3.00. The molecule has 0 aliphatic heterocycles. The zero-order valence-electron chi connectivity index (χ0n) is 13.1. The van der Waals surface area contributed by atoms with Gasteiger partial charge in [0.2, 0.25) is 0 Å². The van der Waals surface area contributed by atoms with Crippen molar-refractivity contribution in [1.82, 2.24) is 14.5 Å². The summed E-state index contributed by atoms with van der Waals surface area (Å²) in [4.78, 5) is 20.8. The van der Waals surface area contributed by atoms with Crippen LogP contribution in [0, 0.1) is 5.82 Å². The molecule has 2 aromatic heterocycles. The Morgan fingerprint density at radius 3 is 2.54 bits per heavy atom. The van der Waals surface area contributed by atoms with Gasteiger partial charge in [0, 0.05) is 24.2 Å². The van der Waals surface area contributed by atoms with Crippen molar-refractivity contribution in [2.45, 2.75) is 13.5 Å². The third-order valence-electron chi connectivity index (χ3n) is 3.52. The van der Waals surface area contributed by atoms with Crippen LogP contribution in [0.2, 0.25) is 0 Å². The van der Waals surface area contributed by atoms with E-state index >= 15 is 0 Å². The van der Waals surface area contributed by atoms with Crippen LogP contribution in [0.15, 0.2) is 55.0 Å². The van der Waals surface area contributed by atoms with Crippen molar-refractivity contribution in [2.75, 3.05) is 6.61 Å². The van der Waals surface area contributed by atoms with E-state index in [1.165, 1.54) is 12.1 Å². The van der Waals surface area contributed by atoms with E-state index in [1.807, 2.05) is 6.07 Å². The van der Waals surface area contributed by atoms with Gasteiger partial charge in [0.15, 0.2) is 0 Å². The van der Waals surface area contributed by atoms with E-state index in [0.29, 0.717) is 23.6 Å². The minimum Gasteiger partial charge on any atom is -0.461 e. The summed E-state index contributed by atoms with van der Waals surface area (Å²) in [5.41, 5.74) is 1.83. The molecule has 0 amide bonds. The third-order valence-corrected chi connectivity index (χ3v) is 3.52. The predicted octanol–water partition coefficient (Wildman–Crippen LogP) is 3.31. The van der Waals surface area contributed by atoms with Gasteiger partial charge < -0.3 is 9.30 Å². The number of halogens is 1. The molecule has 0 atom stereocenters. The number of benzene rings is 1. The summed E-state index contributed by atoms with van der Waals surface area (Å²) in [6.45, 7) is 2.37. The number of hydrogen-bond acceptors (Lipinski definition) is 4. The molecule has 3 aromatic rings. The summed E-state index contributed by atoms with van der Waals surface area (Å²) in [7, 11) is 0. The normalized spacial score (nSPS) is 10.6. The molecule has 0 unspecified atom stereocenters. The molecule has 2 heterocycles. The molecular weight excluding hydrogens is 309 g/mol. The van der Waals surface area contributed by atoms with Crippen LogP contribution in [0.4, 0.5) is 4.39 Å². The highest BCUT2D eigenvalue weighted by molar-refractivity contribution is 5.96. The number of carbonyl (C=O) groups is 1. The Morgan fingerprint density at radius 1 is 1.17 bits per heavy atom. The standard InChI is InChI=1S/C18H16FN3O2/c1-2-24-18(23)17-15(13-4-6-14(19)7-5-13)8-11-22(17)12-16-20-9-3-10-21-16/h3-11H,2,12H2,1H3. The number of aromatic nitrogens is 3. The molecule has 0 bridgehead atoms. The average molecular weight is 325 g/mol. The molecule has 0 saturated carbocycles. The van der Waals surface area contributed by atoms with Crippen molar-refractivity contribution < 1.29 is 13.9 Å². The molecule has 122 valence electrons. The van der Waals surface area contributed by atoms with Gasteiger partial charge >= 0.3 is 5.97 Å². The Kier molecular flexibility index (Phi) is 4.65. The summed E-state index contributed by atoms with van der Waals surface area (Å²) in [5, 5.41) is 0. The zero-order valence-corrected chi connectivity index (χ0v) is 13.1. The molecule has 3 rings (SSSR count). The van der Waals surface area contributed by atoms with Gasteiger partial charge in [-0.15, -0.1) is 0 Å². The van der Waals surface area contributed by atoms with Crippen molar-refractivity contribution >= 4 is 5.97 Å². The van der Waals surface area contributed by atoms with Crippen LogP contribution < -0.4 is 0 Å². The van der Waals surface area contributed by atoms with Gasteiger partial charge in [-0.25, -0.2) is 19.2 Å². The van der Waals surface area contributed by atoms with Gasteiger partial charge in [-0.1, -0.05) is 12.1 Å². The SMILES string of the molecule is CCOC(=O)c1c(-c2ccc(F)cc2)ccn1Cc1ncccn1. The molecule has 1 aromatic carbocycles. The molecule has 5 nitrogen and oxygen atoms in total. The summed E-state index contributed by atoms with van der Waals surface area (Å²) >= 11 is 0. The smallest absolute Gasteiger partial charge is 0.355 e. The maximum absolute atomic E-state index is 13.2. The van der Waals surface area contributed by atoms with Gasteiger partial charge in [0.05, 0.1) is 13.2 Å². The molecule has 0 aliphatic carbocycles. The topological polar surface area (TPSA) is 57.0 Å². The van der Waals surface area contributed by atoms with E-state index in [-0.39, 0.29) is 12.4 Å². The molecular formula is C18H16FN3O2. The van der Waals surface area contributed by atoms with Gasteiger partial charge in [0.1, 0.15) is 17.3 Å². The van der Waals surface area contributed by atoms with Crippen LogP contribution in [0.5, 0.6) is 0 Å². The molecule has 0 spiro atoms. The van der Waals surface area contributed by atoms with Crippen LogP contribution in [0.3, 0.4) is 0 Å². The van der Waals surface area contributed by atoms with Gasteiger partial charge in [-0.05, 0) is 36.8 Å². The van der Waals surface area contributed by atoms with Crippen molar-refractivity contribution in [3.05, 3.63) is 72.3 Å².